The van der Waals surface area contributed by atoms with Crippen molar-refractivity contribution >= 4 is 11.7 Å². The minimum absolute atomic E-state index is 0.148. The molecule has 7 heteroatoms. The summed E-state index contributed by atoms with van der Waals surface area (Å²) in [6, 6.07) is 3.28. The molecule has 1 aromatic carbocycles. The molecule has 0 fully saturated rings. The van der Waals surface area contributed by atoms with Crippen molar-refractivity contribution < 1.29 is 23.1 Å². The highest BCUT2D eigenvalue weighted by atomic mass is 19.4. The molecule has 18 heavy (non-hydrogen) atoms. The van der Waals surface area contributed by atoms with E-state index in [0.29, 0.717) is 0 Å². The molecular formula is C11H9F3N2O2. The molecule has 2 N–H and O–H groups in total. The van der Waals surface area contributed by atoms with Crippen molar-refractivity contribution in [1.29, 1.82) is 5.26 Å². The predicted molar refractivity (Wildman–Crippen MR) is 56.9 cm³/mol. The summed E-state index contributed by atoms with van der Waals surface area (Å²) in [4.78, 5) is 10.6. The number of benzene rings is 1. The number of carbonyl (C=O) groups is 1. The Morgan fingerprint density at radius 3 is 2.56 bits per heavy atom. The maximum atomic E-state index is 12.5. The molecule has 1 aromatic rings. The Morgan fingerprint density at radius 2 is 2.11 bits per heavy atom. The van der Waals surface area contributed by atoms with Crippen LogP contribution in [-0.4, -0.2) is 17.1 Å². The van der Waals surface area contributed by atoms with Crippen molar-refractivity contribution in [2.75, 3.05) is 5.32 Å². The van der Waals surface area contributed by atoms with Gasteiger partial charge in [-0.15, -0.1) is 0 Å². The number of halogens is 3. The maximum absolute atomic E-state index is 12.5. The fourth-order valence-corrected chi connectivity index (χ4v) is 1.29. The molecule has 0 aromatic heterocycles. The quantitative estimate of drug-likeness (QED) is 0.873. The number of hydrogen-bond donors (Lipinski definition) is 2. The fourth-order valence-electron chi connectivity index (χ4n) is 1.29. The molecule has 0 aliphatic rings. The smallest absolute Gasteiger partial charge is 0.417 e. The van der Waals surface area contributed by atoms with Gasteiger partial charge in [-0.25, -0.2) is 0 Å². The third-order valence-corrected chi connectivity index (χ3v) is 2.20. The lowest BCUT2D eigenvalue weighted by atomic mass is 10.1. The number of carboxylic acids is 1. The maximum Gasteiger partial charge on any atom is 0.417 e. The molecule has 0 aliphatic heterocycles. The third-order valence-electron chi connectivity index (χ3n) is 2.20. The molecule has 0 spiro atoms. The van der Waals surface area contributed by atoms with Crippen LogP contribution in [0.4, 0.5) is 18.9 Å². The van der Waals surface area contributed by atoms with Crippen molar-refractivity contribution in [2.45, 2.75) is 19.1 Å². The summed E-state index contributed by atoms with van der Waals surface area (Å²) in [5.74, 6) is -1.14. The molecule has 0 bridgehead atoms. The highest BCUT2D eigenvalue weighted by Gasteiger charge is 2.33. The highest BCUT2D eigenvalue weighted by Crippen LogP contribution is 2.33. The van der Waals surface area contributed by atoms with E-state index in [2.05, 4.69) is 5.32 Å². The SMILES string of the molecule is C[C@@H](Nc1ccc(C(F)(F)F)c(C#N)c1)C(=O)O. The van der Waals surface area contributed by atoms with Gasteiger partial charge in [-0.1, -0.05) is 0 Å². The molecule has 1 atom stereocenters. The number of aliphatic carboxylic acids is 1. The van der Waals surface area contributed by atoms with E-state index in [4.69, 9.17) is 10.4 Å². The van der Waals surface area contributed by atoms with Crippen molar-refractivity contribution in [3.8, 4) is 6.07 Å². The van der Waals surface area contributed by atoms with Gasteiger partial charge in [-0.3, -0.25) is 4.79 Å². The average molecular weight is 258 g/mol. The lowest BCUT2D eigenvalue weighted by Gasteiger charge is -2.13. The Labute approximate surface area is 101 Å². The van der Waals surface area contributed by atoms with Gasteiger partial charge in [0.1, 0.15) is 6.04 Å². The van der Waals surface area contributed by atoms with Crippen LogP contribution in [0.1, 0.15) is 18.1 Å². The second kappa shape index (κ2) is 4.96. The van der Waals surface area contributed by atoms with Gasteiger partial charge in [-0.05, 0) is 25.1 Å². The lowest BCUT2D eigenvalue weighted by molar-refractivity contribution is -0.138. The van der Waals surface area contributed by atoms with Crippen molar-refractivity contribution in [3.05, 3.63) is 29.3 Å². The molecular weight excluding hydrogens is 249 g/mol. The topological polar surface area (TPSA) is 73.1 Å². The molecule has 0 amide bonds. The number of anilines is 1. The molecule has 1 rings (SSSR count). The molecule has 96 valence electrons. The number of hydrogen-bond acceptors (Lipinski definition) is 3. The minimum Gasteiger partial charge on any atom is -0.480 e. The van der Waals surface area contributed by atoms with Crippen LogP contribution in [0.3, 0.4) is 0 Å². The zero-order valence-corrected chi connectivity index (χ0v) is 9.25. The largest absolute Gasteiger partial charge is 0.480 e. The van der Waals surface area contributed by atoms with Gasteiger partial charge in [0.25, 0.3) is 0 Å². The van der Waals surface area contributed by atoms with Crippen molar-refractivity contribution in [2.24, 2.45) is 0 Å². The fraction of sp³-hybridized carbons (Fsp3) is 0.273. The van der Waals surface area contributed by atoms with E-state index < -0.39 is 29.3 Å². The number of nitriles is 1. The first kappa shape index (κ1) is 13.8. The summed E-state index contributed by atoms with van der Waals surface area (Å²) in [6.45, 7) is 1.34. The standard InChI is InChI=1S/C11H9F3N2O2/c1-6(10(17)18)16-8-2-3-9(11(12,13)14)7(4-8)5-15/h2-4,6,16H,1H3,(H,17,18)/t6-/m1/s1. The Hall–Kier alpha value is -2.23. The Kier molecular flexibility index (Phi) is 3.81. The van der Waals surface area contributed by atoms with E-state index in [-0.39, 0.29) is 5.69 Å². The monoisotopic (exact) mass is 258 g/mol. The van der Waals surface area contributed by atoms with Gasteiger partial charge in [0.2, 0.25) is 0 Å². The Balaban J connectivity index is 3.08. The number of rotatable bonds is 3. The zero-order valence-electron chi connectivity index (χ0n) is 9.25. The second-order valence-corrected chi connectivity index (χ2v) is 3.57. The van der Waals surface area contributed by atoms with E-state index in [0.717, 1.165) is 18.2 Å². The van der Waals surface area contributed by atoms with E-state index in [9.17, 15) is 18.0 Å². The number of nitrogens with one attached hydrogen (secondary N) is 1. The van der Waals surface area contributed by atoms with Gasteiger partial charge < -0.3 is 10.4 Å². The van der Waals surface area contributed by atoms with Crippen LogP contribution in [-0.2, 0) is 11.0 Å². The summed E-state index contributed by atoms with van der Waals surface area (Å²) in [5, 5.41) is 19.8. The first-order valence-electron chi connectivity index (χ1n) is 4.86. The number of nitrogens with zero attached hydrogens (tertiary/aromatic N) is 1. The van der Waals surface area contributed by atoms with E-state index in [1.807, 2.05) is 0 Å². The highest BCUT2D eigenvalue weighted by molar-refractivity contribution is 5.76. The average Bonchev–Trinajstić information content (AvgIpc) is 2.27. The van der Waals surface area contributed by atoms with Gasteiger partial charge in [0, 0.05) is 5.69 Å². The van der Waals surface area contributed by atoms with Crippen molar-refractivity contribution in [1.82, 2.24) is 0 Å². The normalized spacial score (nSPS) is 12.6. The van der Waals surface area contributed by atoms with Gasteiger partial charge in [0.15, 0.2) is 0 Å². The van der Waals surface area contributed by atoms with E-state index in [1.165, 1.54) is 13.0 Å². The Morgan fingerprint density at radius 1 is 1.50 bits per heavy atom. The van der Waals surface area contributed by atoms with Crippen LogP contribution in [0.2, 0.25) is 0 Å². The van der Waals surface area contributed by atoms with Gasteiger partial charge in [-0.2, -0.15) is 18.4 Å². The predicted octanol–water partition coefficient (Wildman–Crippen LogP) is 2.46. The molecule has 0 unspecified atom stereocenters. The first-order valence-corrected chi connectivity index (χ1v) is 4.86. The Bertz CT molecular complexity index is 506. The molecule has 4 nitrogen and oxygen atoms in total. The lowest BCUT2D eigenvalue weighted by Crippen LogP contribution is -2.25. The van der Waals surface area contributed by atoms with Crippen LogP contribution >= 0.6 is 0 Å². The third kappa shape index (κ3) is 3.13. The molecule has 0 saturated heterocycles. The first-order chi connectivity index (χ1) is 8.25. The summed E-state index contributed by atoms with van der Waals surface area (Å²) in [5.41, 5.74) is -1.45. The van der Waals surface area contributed by atoms with Crippen LogP contribution in [0.5, 0.6) is 0 Å². The minimum atomic E-state index is -4.61. The van der Waals surface area contributed by atoms with Gasteiger partial charge >= 0.3 is 12.1 Å². The molecule has 0 saturated carbocycles. The summed E-state index contributed by atoms with van der Waals surface area (Å²) < 4.78 is 37.5. The molecule has 0 radical (unpaired) electrons. The number of alkyl halides is 3. The van der Waals surface area contributed by atoms with Gasteiger partial charge in [0.05, 0.1) is 17.2 Å². The van der Waals surface area contributed by atoms with Crippen molar-refractivity contribution in [3.63, 3.8) is 0 Å². The van der Waals surface area contributed by atoms with E-state index in [1.54, 1.807) is 0 Å². The van der Waals surface area contributed by atoms with Crippen LogP contribution in [0, 0.1) is 11.3 Å². The van der Waals surface area contributed by atoms with Crippen LogP contribution in [0.25, 0.3) is 0 Å². The van der Waals surface area contributed by atoms with E-state index >= 15 is 0 Å². The number of carboxylic acid groups (broad SMARTS) is 1. The summed E-state index contributed by atoms with van der Waals surface area (Å²) in [6.07, 6.45) is -4.61. The van der Waals surface area contributed by atoms with Crippen LogP contribution in [0.15, 0.2) is 18.2 Å². The zero-order chi connectivity index (χ0) is 13.9. The molecule has 0 aliphatic carbocycles. The van der Waals surface area contributed by atoms with Crippen LogP contribution < -0.4 is 5.32 Å². The second-order valence-electron chi connectivity index (χ2n) is 3.57. The molecule has 0 heterocycles. The summed E-state index contributed by atoms with van der Waals surface area (Å²) in [7, 11) is 0. The summed E-state index contributed by atoms with van der Waals surface area (Å²) >= 11 is 0.